The topological polar surface area (TPSA) is 49.6 Å². The van der Waals surface area contributed by atoms with E-state index in [1.54, 1.807) is 0 Å². The Labute approximate surface area is 140 Å². The van der Waals surface area contributed by atoms with Crippen LogP contribution in [0.15, 0.2) is 30.3 Å². The number of nitrogens with two attached hydrogens (primary N) is 1. The quantitative estimate of drug-likeness (QED) is 0.871. The second-order valence-electron chi connectivity index (χ2n) is 6.01. The largest absolute Gasteiger partial charge is 0.338 e. The summed E-state index contributed by atoms with van der Waals surface area (Å²) in [6.07, 6.45) is 1.11. The van der Waals surface area contributed by atoms with Crippen LogP contribution < -0.4 is 5.73 Å². The van der Waals surface area contributed by atoms with E-state index in [2.05, 4.69) is 24.0 Å². The normalized spacial score (nSPS) is 21.4. The van der Waals surface area contributed by atoms with Crippen molar-refractivity contribution in [1.29, 1.82) is 0 Å². The minimum absolute atomic E-state index is 0. The molecule has 1 aliphatic heterocycles. The number of rotatable bonds is 6. The third-order valence-electron chi connectivity index (χ3n) is 4.41. The SMILES string of the molecule is CCN(Cc1ccccc1)C(=O)CN1CC(CN)CC1C.Cl. The Morgan fingerprint density at radius 1 is 1.36 bits per heavy atom. The van der Waals surface area contributed by atoms with E-state index in [1.165, 1.54) is 5.56 Å². The van der Waals surface area contributed by atoms with Crippen molar-refractivity contribution in [2.24, 2.45) is 11.7 Å². The van der Waals surface area contributed by atoms with Gasteiger partial charge in [-0.15, -0.1) is 12.4 Å². The number of hydrogen-bond acceptors (Lipinski definition) is 3. The third kappa shape index (κ3) is 4.97. The summed E-state index contributed by atoms with van der Waals surface area (Å²) in [5.41, 5.74) is 6.94. The molecule has 0 aromatic heterocycles. The lowest BCUT2D eigenvalue weighted by Gasteiger charge is -2.26. The van der Waals surface area contributed by atoms with Gasteiger partial charge in [-0.2, -0.15) is 0 Å². The highest BCUT2D eigenvalue weighted by molar-refractivity contribution is 5.85. The van der Waals surface area contributed by atoms with Gasteiger partial charge in [0.2, 0.25) is 5.91 Å². The molecule has 0 radical (unpaired) electrons. The zero-order valence-corrected chi connectivity index (χ0v) is 14.4. The fraction of sp³-hybridized carbons (Fsp3) is 0.588. The molecule has 5 heteroatoms. The first-order chi connectivity index (χ1) is 10.1. The molecular formula is C17H28ClN3O. The zero-order chi connectivity index (χ0) is 15.2. The second kappa shape index (κ2) is 9.13. The van der Waals surface area contributed by atoms with Crippen LogP contribution in [0.4, 0.5) is 0 Å². The van der Waals surface area contributed by atoms with Crippen LogP contribution in [-0.4, -0.2) is 47.9 Å². The Morgan fingerprint density at radius 3 is 2.59 bits per heavy atom. The molecular weight excluding hydrogens is 298 g/mol. The summed E-state index contributed by atoms with van der Waals surface area (Å²) in [5.74, 6) is 0.753. The maximum absolute atomic E-state index is 12.5. The number of nitrogens with zero attached hydrogens (tertiary/aromatic N) is 2. The zero-order valence-electron chi connectivity index (χ0n) is 13.6. The van der Waals surface area contributed by atoms with Crippen LogP contribution in [-0.2, 0) is 11.3 Å². The van der Waals surface area contributed by atoms with Gasteiger partial charge >= 0.3 is 0 Å². The van der Waals surface area contributed by atoms with Gasteiger partial charge in [-0.1, -0.05) is 30.3 Å². The molecule has 124 valence electrons. The molecule has 1 fully saturated rings. The smallest absolute Gasteiger partial charge is 0.237 e. The van der Waals surface area contributed by atoms with Gasteiger partial charge in [0.25, 0.3) is 0 Å². The summed E-state index contributed by atoms with van der Waals surface area (Å²) in [6.45, 7) is 7.85. The number of carbonyl (C=O) groups excluding carboxylic acids is 1. The van der Waals surface area contributed by atoms with Crippen LogP contribution in [0.5, 0.6) is 0 Å². The summed E-state index contributed by atoms with van der Waals surface area (Å²) in [4.78, 5) is 16.7. The van der Waals surface area contributed by atoms with Crippen LogP contribution >= 0.6 is 12.4 Å². The van der Waals surface area contributed by atoms with E-state index >= 15 is 0 Å². The van der Waals surface area contributed by atoms with Gasteiger partial charge in [0.05, 0.1) is 6.54 Å². The number of halogens is 1. The molecule has 2 rings (SSSR count). The lowest BCUT2D eigenvalue weighted by atomic mass is 10.1. The minimum Gasteiger partial charge on any atom is -0.338 e. The van der Waals surface area contributed by atoms with Crippen molar-refractivity contribution in [3.05, 3.63) is 35.9 Å². The van der Waals surface area contributed by atoms with Crippen molar-refractivity contribution < 1.29 is 4.79 Å². The first-order valence-corrected chi connectivity index (χ1v) is 7.89. The molecule has 1 aromatic rings. The van der Waals surface area contributed by atoms with Gasteiger partial charge < -0.3 is 10.6 Å². The lowest BCUT2D eigenvalue weighted by molar-refractivity contribution is -0.133. The van der Waals surface area contributed by atoms with Gasteiger partial charge in [0, 0.05) is 25.7 Å². The van der Waals surface area contributed by atoms with Gasteiger partial charge in [-0.05, 0) is 38.3 Å². The Balaban J connectivity index is 0.00000242. The predicted molar refractivity (Wildman–Crippen MR) is 93.0 cm³/mol. The molecule has 0 saturated carbocycles. The molecule has 2 unspecified atom stereocenters. The van der Waals surface area contributed by atoms with Crippen molar-refractivity contribution >= 4 is 18.3 Å². The maximum Gasteiger partial charge on any atom is 0.237 e. The molecule has 0 aliphatic carbocycles. The fourth-order valence-corrected chi connectivity index (χ4v) is 3.06. The van der Waals surface area contributed by atoms with Crippen molar-refractivity contribution in [2.75, 3.05) is 26.2 Å². The van der Waals surface area contributed by atoms with Crippen LogP contribution in [0.1, 0.15) is 25.8 Å². The van der Waals surface area contributed by atoms with E-state index in [0.717, 1.165) is 26.1 Å². The summed E-state index contributed by atoms with van der Waals surface area (Å²) >= 11 is 0. The summed E-state index contributed by atoms with van der Waals surface area (Å²) in [5, 5.41) is 0. The molecule has 2 atom stereocenters. The standard InChI is InChI=1S/C17H27N3O.ClH/c1-3-19(11-15-7-5-4-6-8-15)17(21)13-20-12-16(10-18)9-14(20)2;/h4-8,14,16H,3,9-13,18H2,1-2H3;1H. The minimum atomic E-state index is 0. The highest BCUT2D eigenvalue weighted by Crippen LogP contribution is 2.21. The van der Waals surface area contributed by atoms with E-state index in [0.29, 0.717) is 25.0 Å². The number of amides is 1. The van der Waals surface area contributed by atoms with Crippen LogP contribution in [0, 0.1) is 5.92 Å². The monoisotopic (exact) mass is 325 g/mol. The van der Waals surface area contributed by atoms with Gasteiger partial charge in [-0.3, -0.25) is 9.69 Å². The average molecular weight is 326 g/mol. The van der Waals surface area contributed by atoms with Crippen molar-refractivity contribution in [3.63, 3.8) is 0 Å². The Bertz CT molecular complexity index is 454. The highest BCUT2D eigenvalue weighted by atomic mass is 35.5. The molecule has 1 aliphatic rings. The number of hydrogen-bond donors (Lipinski definition) is 1. The predicted octanol–water partition coefficient (Wildman–Crippen LogP) is 2.13. The van der Waals surface area contributed by atoms with Crippen LogP contribution in [0.2, 0.25) is 0 Å². The first-order valence-electron chi connectivity index (χ1n) is 7.89. The third-order valence-corrected chi connectivity index (χ3v) is 4.41. The van der Waals surface area contributed by atoms with Crippen molar-refractivity contribution in [1.82, 2.24) is 9.80 Å². The van der Waals surface area contributed by atoms with Crippen LogP contribution in [0.25, 0.3) is 0 Å². The number of benzene rings is 1. The van der Waals surface area contributed by atoms with Crippen molar-refractivity contribution in [2.45, 2.75) is 32.9 Å². The number of likely N-dealkylation sites (N-methyl/N-ethyl adjacent to an activating group) is 1. The van der Waals surface area contributed by atoms with Gasteiger partial charge in [-0.25, -0.2) is 0 Å². The van der Waals surface area contributed by atoms with Gasteiger partial charge in [0.15, 0.2) is 0 Å². The molecule has 1 saturated heterocycles. The molecule has 0 bridgehead atoms. The van der Waals surface area contributed by atoms with Gasteiger partial charge in [0.1, 0.15) is 0 Å². The molecule has 1 heterocycles. The number of carbonyl (C=O) groups is 1. The van der Waals surface area contributed by atoms with E-state index in [9.17, 15) is 4.79 Å². The Kier molecular flexibility index (Phi) is 7.87. The highest BCUT2D eigenvalue weighted by Gasteiger charge is 2.30. The lowest BCUT2D eigenvalue weighted by Crippen LogP contribution is -2.41. The molecule has 0 spiro atoms. The molecule has 1 amide bonds. The Hall–Kier alpha value is -1.10. The van der Waals surface area contributed by atoms with E-state index < -0.39 is 0 Å². The number of likely N-dealkylation sites (tertiary alicyclic amines) is 1. The summed E-state index contributed by atoms with van der Waals surface area (Å²) in [7, 11) is 0. The second-order valence-corrected chi connectivity index (χ2v) is 6.01. The fourth-order valence-electron chi connectivity index (χ4n) is 3.06. The van der Waals surface area contributed by atoms with Crippen molar-refractivity contribution in [3.8, 4) is 0 Å². The van der Waals surface area contributed by atoms with E-state index in [1.807, 2.05) is 30.0 Å². The maximum atomic E-state index is 12.5. The van der Waals surface area contributed by atoms with E-state index in [-0.39, 0.29) is 18.3 Å². The van der Waals surface area contributed by atoms with E-state index in [4.69, 9.17) is 5.73 Å². The summed E-state index contributed by atoms with van der Waals surface area (Å²) < 4.78 is 0. The molecule has 22 heavy (non-hydrogen) atoms. The summed E-state index contributed by atoms with van der Waals surface area (Å²) in [6, 6.07) is 10.6. The first kappa shape index (κ1) is 18.9. The Morgan fingerprint density at radius 2 is 2.05 bits per heavy atom. The molecule has 2 N–H and O–H groups in total. The molecule has 1 aromatic carbocycles. The average Bonchev–Trinajstić information content (AvgIpc) is 2.86. The van der Waals surface area contributed by atoms with Crippen LogP contribution in [0.3, 0.4) is 0 Å². The molecule has 4 nitrogen and oxygen atoms in total.